The molecule has 0 aliphatic heterocycles. The number of nitrogens with one attached hydrogen (secondary N) is 1. The van der Waals surface area contributed by atoms with Crippen LogP contribution in [0.4, 0.5) is 0 Å². The van der Waals surface area contributed by atoms with Crippen molar-refractivity contribution >= 4 is 17.3 Å². The van der Waals surface area contributed by atoms with E-state index in [1.165, 1.54) is 11.3 Å². The molecule has 0 fully saturated rings. The Morgan fingerprint density at radius 3 is 3.00 bits per heavy atom. The Morgan fingerprint density at radius 1 is 1.79 bits per heavy atom. The van der Waals surface area contributed by atoms with Gasteiger partial charge in [-0.3, -0.25) is 0 Å². The molecule has 3 nitrogen and oxygen atoms in total. The molecule has 1 rings (SSSR count). The van der Waals surface area contributed by atoms with Gasteiger partial charge in [0, 0.05) is 17.5 Å². The molecule has 1 heterocycles. The highest BCUT2D eigenvalue weighted by atomic mass is 32.1. The minimum Gasteiger partial charge on any atom is -0.477 e. The number of carboxylic acids is 1. The van der Waals surface area contributed by atoms with Crippen molar-refractivity contribution in [3.63, 3.8) is 0 Å². The van der Waals surface area contributed by atoms with Gasteiger partial charge in [-0.25, -0.2) is 4.79 Å². The average molecular weight is 211 g/mol. The molecule has 1 atom stereocenters. The third kappa shape index (κ3) is 2.97. The summed E-state index contributed by atoms with van der Waals surface area (Å²) in [6, 6.07) is 3.70. The van der Waals surface area contributed by atoms with Gasteiger partial charge in [-0.05, 0) is 19.1 Å². The molecule has 0 saturated carbocycles. The van der Waals surface area contributed by atoms with E-state index in [1.54, 1.807) is 6.07 Å². The van der Waals surface area contributed by atoms with E-state index in [2.05, 4.69) is 11.9 Å². The van der Waals surface area contributed by atoms with Crippen LogP contribution >= 0.6 is 11.3 Å². The minimum absolute atomic E-state index is 0.241. The van der Waals surface area contributed by atoms with Gasteiger partial charge in [0.1, 0.15) is 4.88 Å². The van der Waals surface area contributed by atoms with Crippen LogP contribution < -0.4 is 5.32 Å². The van der Waals surface area contributed by atoms with E-state index in [4.69, 9.17) is 5.11 Å². The molecule has 14 heavy (non-hydrogen) atoms. The van der Waals surface area contributed by atoms with E-state index >= 15 is 0 Å². The molecule has 4 heteroatoms. The summed E-state index contributed by atoms with van der Waals surface area (Å²) in [5.74, 6) is -0.863. The summed E-state index contributed by atoms with van der Waals surface area (Å²) in [5.41, 5.74) is 0. The third-order valence-corrected chi connectivity index (χ3v) is 2.90. The monoisotopic (exact) mass is 211 g/mol. The van der Waals surface area contributed by atoms with Crippen LogP contribution in [0, 0.1) is 0 Å². The van der Waals surface area contributed by atoms with Gasteiger partial charge in [0.25, 0.3) is 0 Å². The number of hydrogen-bond donors (Lipinski definition) is 2. The number of aromatic carboxylic acids is 1. The predicted molar refractivity (Wildman–Crippen MR) is 57.8 cm³/mol. The molecule has 1 aromatic heterocycles. The van der Waals surface area contributed by atoms with Gasteiger partial charge in [0.2, 0.25) is 0 Å². The quantitative estimate of drug-likeness (QED) is 0.733. The lowest BCUT2D eigenvalue weighted by atomic mass is 10.3. The molecule has 0 aliphatic carbocycles. The first-order chi connectivity index (χ1) is 6.63. The van der Waals surface area contributed by atoms with Crippen molar-refractivity contribution in [1.82, 2.24) is 5.32 Å². The zero-order valence-corrected chi connectivity index (χ0v) is 8.80. The van der Waals surface area contributed by atoms with E-state index in [0.29, 0.717) is 11.4 Å². The topological polar surface area (TPSA) is 49.3 Å². The molecule has 0 aliphatic rings. The lowest BCUT2D eigenvalue weighted by molar-refractivity contribution is 0.0702. The maximum absolute atomic E-state index is 10.6. The maximum Gasteiger partial charge on any atom is 0.345 e. The number of rotatable bonds is 5. The Hall–Kier alpha value is -1.13. The van der Waals surface area contributed by atoms with Crippen molar-refractivity contribution in [2.45, 2.75) is 19.5 Å². The second kappa shape index (κ2) is 4.93. The van der Waals surface area contributed by atoms with Crippen molar-refractivity contribution in [2.75, 3.05) is 0 Å². The summed E-state index contributed by atoms with van der Waals surface area (Å²) < 4.78 is 0. The van der Waals surface area contributed by atoms with E-state index in [1.807, 2.05) is 19.1 Å². The summed E-state index contributed by atoms with van der Waals surface area (Å²) in [7, 11) is 0. The molecular weight excluding hydrogens is 198 g/mol. The second-order valence-electron chi connectivity index (χ2n) is 2.98. The predicted octanol–water partition coefficient (Wildman–Crippen LogP) is 2.11. The zero-order chi connectivity index (χ0) is 10.6. The Balaban J connectivity index is 2.51. The molecule has 1 aromatic rings. The Labute approximate surface area is 87.1 Å². The lowest BCUT2D eigenvalue weighted by Crippen LogP contribution is -2.22. The fraction of sp³-hybridized carbons (Fsp3) is 0.300. The van der Waals surface area contributed by atoms with Gasteiger partial charge < -0.3 is 10.4 Å². The highest BCUT2D eigenvalue weighted by molar-refractivity contribution is 7.13. The van der Waals surface area contributed by atoms with Gasteiger partial charge in [0.05, 0.1) is 0 Å². The maximum atomic E-state index is 10.6. The summed E-state index contributed by atoms with van der Waals surface area (Å²) in [6.45, 7) is 6.34. The molecule has 1 unspecified atom stereocenters. The Kier molecular flexibility index (Phi) is 3.85. The van der Waals surface area contributed by atoms with Crippen LogP contribution in [0.5, 0.6) is 0 Å². The molecule has 0 saturated heterocycles. The van der Waals surface area contributed by atoms with Crippen LogP contribution in [0.3, 0.4) is 0 Å². The van der Waals surface area contributed by atoms with Gasteiger partial charge in [-0.15, -0.1) is 17.9 Å². The van der Waals surface area contributed by atoms with Crippen LogP contribution in [-0.2, 0) is 6.54 Å². The van der Waals surface area contributed by atoms with Gasteiger partial charge in [-0.2, -0.15) is 0 Å². The Bertz CT molecular complexity index is 333. The fourth-order valence-electron chi connectivity index (χ4n) is 0.933. The zero-order valence-electron chi connectivity index (χ0n) is 7.99. The summed E-state index contributed by atoms with van der Waals surface area (Å²) in [6.07, 6.45) is 1.81. The molecular formula is C10H13NO2S. The molecule has 0 radical (unpaired) electrons. The molecule has 0 bridgehead atoms. The highest BCUT2D eigenvalue weighted by Gasteiger charge is 2.06. The smallest absolute Gasteiger partial charge is 0.345 e. The van der Waals surface area contributed by atoms with Crippen molar-refractivity contribution in [3.8, 4) is 0 Å². The standard InChI is InChI=1S/C10H13NO2S/c1-3-7(2)11-6-8-4-5-9(14-8)10(12)13/h3-5,7,11H,1,6H2,2H3,(H,12,13). The lowest BCUT2D eigenvalue weighted by Gasteiger charge is -2.06. The van der Waals surface area contributed by atoms with Crippen molar-refractivity contribution in [1.29, 1.82) is 0 Å². The third-order valence-electron chi connectivity index (χ3n) is 1.82. The molecule has 76 valence electrons. The van der Waals surface area contributed by atoms with Gasteiger partial charge >= 0.3 is 5.97 Å². The van der Waals surface area contributed by atoms with E-state index in [0.717, 1.165) is 4.88 Å². The summed E-state index contributed by atoms with van der Waals surface area (Å²) in [4.78, 5) is 12.0. The first kappa shape index (κ1) is 10.9. The van der Waals surface area contributed by atoms with Crippen molar-refractivity contribution < 1.29 is 9.90 Å². The largest absolute Gasteiger partial charge is 0.477 e. The van der Waals surface area contributed by atoms with Crippen molar-refractivity contribution in [3.05, 3.63) is 34.5 Å². The van der Waals surface area contributed by atoms with Crippen LogP contribution in [0.15, 0.2) is 24.8 Å². The molecule has 2 N–H and O–H groups in total. The van der Waals surface area contributed by atoms with Gasteiger partial charge in [0.15, 0.2) is 0 Å². The summed E-state index contributed by atoms with van der Waals surface area (Å²) >= 11 is 1.30. The van der Waals surface area contributed by atoms with Crippen molar-refractivity contribution in [2.24, 2.45) is 0 Å². The van der Waals surface area contributed by atoms with Crippen LogP contribution in [0.2, 0.25) is 0 Å². The van der Waals surface area contributed by atoms with E-state index in [9.17, 15) is 4.79 Å². The molecule has 0 spiro atoms. The van der Waals surface area contributed by atoms with Crippen LogP contribution in [-0.4, -0.2) is 17.1 Å². The average Bonchev–Trinajstić information content (AvgIpc) is 2.62. The highest BCUT2D eigenvalue weighted by Crippen LogP contribution is 2.16. The SMILES string of the molecule is C=CC(C)NCc1ccc(C(=O)O)s1. The first-order valence-electron chi connectivity index (χ1n) is 4.31. The van der Waals surface area contributed by atoms with Gasteiger partial charge in [-0.1, -0.05) is 6.08 Å². The van der Waals surface area contributed by atoms with Crippen LogP contribution in [0.25, 0.3) is 0 Å². The number of carboxylic acid groups (broad SMARTS) is 1. The molecule has 0 amide bonds. The van der Waals surface area contributed by atoms with E-state index in [-0.39, 0.29) is 6.04 Å². The second-order valence-corrected chi connectivity index (χ2v) is 4.14. The first-order valence-corrected chi connectivity index (χ1v) is 5.13. The number of thiophene rings is 1. The number of carbonyl (C=O) groups is 1. The fourth-order valence-corrected chi connectivity index (χ4v) is 1.73. The van der Waals surface area contributed by atoms with Crippen LogP contribution in [0.1, 0.15) is 21.5 Å². The van der Waals surface area contributed by atoms with E-state index < -0.39 is 5.97 Å². The summed E-state index contributed by atoms with van der Waals surface area (Å²) in [5, 5.41) is 11.9. The normalized spacial score (nSPS) is 12.4. The number of hydrogen-bond acceptors (Lipinski definition) is 3. The minimum atomic E-state index is -0.863. The Morgan fingerprint density at radius 2 is 2.50 bits per heavy atom. The molecule has 0 aromatic carbocycles.